The van der Waals surface area contributed by atoms with Crippen LogP contribution in [0.1, 0.15) is 44.9 Å². The molecule has 0 aliphatic heterocycles. The first-order valence-electron chi connectivity index (χ1n) is 7.64. The third-order valence-electron chi connectivity index (χ3n) is 3.89. The molecule has 4 nitrogen and oxygen atoms in total. The van der Waals surface area contributed by atoms with Gasteiger partial charge in [-0.3, -0.25) is 4.79 Å². The first-order chi connectivity index (χ1) is 10.2. The maximum absolute atomic E-state index is 12.0. The number of benzene rings is 1. The minimum absolute atomic E-state index is 0.102. The quantitative estimate of drug-likeness (QED) is 0.846. The Bertz CT molecular complexity index is 485. The number of hydrogen-bond donors (Lipinski definition) is 1. The molecule has 0 bridgehead atoms. The molecule has 1 aliphatic carbocycles. The van der Waals surface area contributed by atoms with Gasteiger partial charge in [-0.2, -0.15) is 5.26 Å². The zero-order valence-corrected chi connectivity index (χ0v) is 12.3. The van der Waals surface area contributed by atoms with Crippen LogP contribution in [0.3, 0.4) is 0 Å². The molecular weight excluding hydrogens is 264 g/mol. The average Bonchev–Trinajstić information content (AvgIpc) is 2.74. The number of rotatable bonds is 5. The lowest BCUT2D eigenvalue weighted by Crippen LogP contribution is -2.47. The Morgan fingerprint density at radius 2 is 1.86 bits per heavy atom. The first kappa shape index (κ1) is 15.4. The summed E-state index contributed by atoms with van der Waals surface area (Å²) in [5.41, 5.74) is -0.666. The number of hydrogen-bond acceptors (Lipinski definition) is 3. The average molecular weight is 286 g/mol. The Balaban J connectivity index is 1.79. The van der Waals surface area contributed by atoms with Gasteiger partial charge in [-0.1, -0.05) is 43.9 Å². The van der Waals surface area contributed by atoms with Gasteiger partial charge in [0.25, 0.3) is 0 Å². The molecule has 1 aliphatic rings. The molecule has 0 spiro atoms. The summed E-state index contributed by atoms with van der Waals surface area (Å²) >= 11 is 0. The van der Waals surface area contributed by atoms with E-state index in [4.69, 9.17) is 4.74 Å². The van der Waals surface area contributed by atoms with Crippen LogP contribution in [-0.4, -0.2) is 18.1 Å². The van der Waals surface area contributed by atoms with Crippen LogP contribution in [0.5, 0.6) is 5.75 Å². The molecule has 1 fully saturated rings. The molecule has 1 aromatic carbocycles. The van der Waals surface area contributed by atoms with Crippen molar-refractivity contribution in [2.24, 2.45) is 0 Å². The van der Waals surface area contributed by atoms with E-state index in [1.807, 2.05) is 30.3 Å². The van der Waals surface area contributed by atoms with Gasteiger partial charge < -0.3 is 10.1 Å². The van der Waals surface area contributed by atoms with Crippen molar-refractivity contribution < 1.29 is 9.53 Å². The molecule has 1 N–H and O–H groups in total. The summed E-state index contributed by atoms with van der Waals surface area (Å²) in [6.45, 7) is 0.331. The van der Waals surface area contributed by atoms with Crippen LogP contribution in [0.2, 0.25) is 0 Å². The highest BCUT2D eigenvalue weighted by Gasteiger charge is 2.32. The van der Waals surface area contributed by atoms with Crippen LogP contribution in [-0.2, 0) is 4.79 Å². The van der Waals surface area contributed by atoms with Gasteiger partial charge in [0.2, 0.25) is 5.91 Å². The molecule has 1 aromatic rings. The highest BCUT2D eigenvalue weighted by molar-refractivity contribution is 5.77. The zero-order chi connectivity index (χ0) is 15.0. The van der Waals surface area contributed by atoms with Gasteiger partial charge >= 0.3 is 0 Å². The van der Waals surface area contributed by atoms with E-state index in [-0.39, 0.29) is 12.3 Å². The second kappa shape index (κ2) is 7.68. The Kier molecular flexibility index (Phi) is 5.62. The molecule has 1 amide bonds. The number of para-hydroxylation sites is 1. The van der Waals surface area contributed by atoms with E-state index in [2.05, 4.69) is 11.4 Å². The molecule has 0 radical (unpaired) electrons. The van der Waals surface area contributed by atoms with E-state index >= 15 is 0 Å². The summed E-state index contributed by atoms with van der Waals surface area (Å²) in [7, 11) is 0. The third kappa shape index (κ3) is 4.78. The molecule has 0 atom stereocenters. The normalized spacial score (nSPS) is 17.3. The molecular formula is C17H22N2O2. The summed E-state index contributed by atoms with van der Waals surface area (Å²) in [5, 5.41) is 12.4. The fraction of sp³-hybridized carbons (Fsp3) is 0.529. The van der Waals surface area contributed by atoms with Crippen LogP contribution in [0, 0.1) is 11.3 Å². The van der Waals surface area contributed by atoms with Crippen molar-refractivity contribution in [1.82, 2.24) is 5.32 Å². The number of amides is 1. The standard InChI is InChI=1S/C17H22N2O2/c18-14-17(11-6-1-2-7-12-17)19-16(20)10-13-21-15-8-4-3-5-9-15/h3-5,8-9H,1-2,6-7,10-13H2,(H,19,20). The van der Waals surface area contributed by atoms with Gasteiger partial charge in [0.1, 0.15) is 11.3 Å². The highest BCUT2D eigenvalue weighted by atomic mass is 16.5. The number of ether oxygens (including phenoxy) is 1. The molecule has 21 heavy (non-hydrogen) atoms. The van der Waals surface area contributed by atoms with Crippen molar-refractivity contribution >= 4 is 5.91 Å². The van der Waals surface area contributed by atoms with Crippen molar-refractivity contribution in [2.45, 2.75) is 50.5 Å². The van der Waals surface area contributed by atoms with Gasteiger partial charge in [0.15, 0.2) is 0 Å². The van der Waals surface area contributed by atoms with Crippen molar-refractivity contribution in [3.63, 3.8) is 0 Å². The van der Waals surface area contributed by atoms with Gasteiger partial charge in [-0.25, -0.2) is 0 Å². The summed E-state index contributed by atoms with van der Waals surface area (Å²) < 4.78 is 5.51. The summed E-state index contributed by atoms with van der Waals surface area (Å²) in [5.74, 6) is 0.657. The highest BCUT2D eigenvalue weighted by Crippen LogP contribution is 2.26. The van der Waals surface area contributed by atoms with Crippen LogP contribution in [0.25, 0.3) is 0 Å². The van der Waals surface area contributed by atoms with Crippen molar-refractivity contribution in [2.75, 3.05) is 6.61 Å². The molecule has 2 rings (SSSR count). The number of nitrogens with one attached hydrogen (secondary N) is 1. The number of nitrogens with zero attached hydrogens (tertiary/aromatic N) is 1. The molecule has 0 heterocycles. The second-order valence-corrected chi connectivity index (χ2v) is 5.57. The zero-order valence-electron chi connectivity index (χ0n) is 12.3. The van der Waals surface area contributed by atoms with E-state index in [0.29, 0.717) is 6.61 Å². The molecule has 112 valence electrons. The van der Waals surface area contributed by atoms with Crippen LogP contribution in [0.15, 0.2) is 30.3 Å². The maximum Gasteiger partial charge on any atom is 0.224 e. The van der Waals surface area contributed by atoms with Crippen molar-refractivity contribution in [1.29, 1.82) is 5.26 Å². The lowest BCUT2D eigenvalue weighted by Gasteiger charge is -2.26. The number of nitriles is 1. The van der Waals surface area contributed by atoms with Crippen molar-refractivity contribution in [3.8, 4) is 11.8 Å². The molecule has 4 heteroatoms. The lowest BCUT2D eigenvalue weighted by atomic mass is 9.92. The Hall–Kier alpha value is -2.02. The first-order valence-corrected chi connectivity index (χ1v) is 7.64. The molecule has 0 aromatic heterocycles. The van der Waals surface area contributed by atoms with Crippen LogP contribution >= 0.6 is 0 Å². The Morgan fingerprint density at radius 3 is 2.48 bits per heavy atom. The number of carbonyl (C=O) groups is 1. The third-order valence-corrected chi connectivity index (χ3v) is 3.89. The summed E-state index contributed by atoms with van der Waals surface area (Å²) in [6, 6.07) is 11.8. The largest absolute Gasteiger partial charge is 0.493 e. The Morgan fingerprint density at radius 1 is 1.19 bits per heavy atom. The summed E-state index contributed by atoms with van der Waals surface area (Å²) in [4.78, 5) is 12.0. The van der Waals surface area contributed by atoms with Gasteiger partial charge in [0, 0.05) is 0 Å². The van der Waals surface area contributed by atoms with E-state index in [9.17, 15) is 10.1 Å². The van der Waals surface area contributed by atoms with Gasteiger partial charge in [0.05, 0.1) is 19.1 Å². The van der Waals surface area contributed by atoms with Crippen molar-refractivity contribution in [3.05, 3.63) is 30.3 Å². The minimum atomic E-state index is -0.666. The van der Waals surface area contributed by atoms with E-state index in [1.165, 1.54) is 0 Å². The fourth-order valence-electron chi connectivity index (χ4n) is 2.70. The Labute approximate surface area is 126 Å². The molecule has 0 saturated heterocycles. The minimum Gasteiger partial charge on any atom is -0.493 e. The molecule has 1 saturated carbocycles. The predicted molar refractivity (Wildman–Crippen MR) is 80.7 cm³/mol. The van der Waals surface area contributed by atoms with E-state index in [0.717, 1.165) is 44.3 Å². The SMILES string of the molecule is N#CC1(NC(=O)CCOc2ccccc2)CCCCCC1. The monoisotopic (exact) mass is 286 g/mol. The van der Waals surface area contributed by atoms with Gasteiger partial charge in [-0.15, -0.1) is 0 Å². The second-order valence-electron chi connectivity index (χ2n) is 5.57. The predicted octanol–water partition coefficient (Wildman–Crippen LogP) is 3.19. The van der Waals surface area contributed by atoms with Gasteiger partial charge in [-0.05, 0) is 25.0 Å². The van der Waals surface area contributed by atoms with E-state index < -0.39 is 5.54 Å². The smallest absolute Gasteiger partial charge is 0.224 e. The van der Waals surface area contributed by atoms with Crippen LogP contribution < -0.4 is 10.1 Å². The summed E-state index contributed by atoms with van der Waals surface area (Å²) in [6.07, 6.45) is 6.11. The fourth-order valence-corrected chi connectivity index (χ4v) is 2.70. The van der Waals surface area contributed by atoms with Crippen LogP contribution in [0.4, 0.5) is 0 Å². The molecule has 0 unspecified atom stereocenters. The topological polar surface area (TPSA) is 62.1 Å². The maximum atomic E-state index is 12.0. The van der Waals surface area contributed by atoms with E-state index in [1.54, 1.807) is 0 Å². The number of carbonyl (C=O) groups excluding carboxylic acids is 1. The lowest BCUT2D eigenvalue weighted by molar-refractivity contribution is -0.123.